The number of rotatable bonds is 7. The second-order valence-electron chi connectivity index (χ2n) is 10.8. The zero-order valence-electron chi connectivity index (χ0n) is 22.6. The lowest BCUT2D eigenvalue weighted by molar-refractivity contribution is -0.115. The predicted octanol–water partition coefficient (Wildman–Crippen LogP) is 5.13. The molecule has 1 fully saturated rings. The van der Waals surface area contributed by atoms with E-state index in [2.05, 4.69) is 25.7 Å². The normalized spacial score (nSPS) is 14.4. The van der Waals surface area contributed by atoms with E-state index in [0.29, 0.717) is 34.0 Å². The number of halogens is 1. The van der Waals surface area contributed by atoms with Crippen molar-refractivity contribution in [2.75, 3.05) is 18.4 Å². The number of nitrogens with one attached hydrogen (secondary N) is 2. The van der Waals surface area contributed by atoms with Crippen LogP contribution < -0.4 is 20.1 Å². The summed E-state index contributed by atoms with van der Waals surface area (Å²) in [6.07, 6.45) is 6.65. The van der Waals surface area contributed by atoms with Crippen LogP contribution in [0, 0.1) is 12.7 Å². The SMILES string of the molecule is Cc1c(Oc2ncnc3ccc(OC4CCNCC4)cc23)ccc(CC(=O)Nc2cnn(C(C)(C)C)c2)c1F. The van der Waals surface area contributed by atoms with Gasteiger partial charge in [0.05, 0.1) is 34.7 Å². The molecule has 2 N–H and O–H groups in total. The average molecular weight is 533 g/mol. The number of hydrogen-bond acceptors (Lipinski definition) is 7. The Balaban J connectivity index is 1.31. The minimum atomic E-state index is -0.499. The van der Waals surface area contributed by atoms with Crippen LogP contribution in [0.1, 0.15) is 44.7 Å². The molecule has 0 radical (unpaired) electrons. The van der Waals surface area contributed by atoms with Gasteiger partial charge in [-0.15, -0.1) is 0 Å². The van der Waals surface area contributed by atoms with Crippen molar-refractivity contribution in [2.45, 2.75) is 58.6 Å². The number of ether oxygens (including phenoxy) is 2. The highest BCUT2D eigenvalue weighted by atomic mass is 19.1. The van der Waals surface area contributed by atoms with E-state index in [1.807, 2.05) is 39.0 Å². The Morgan fingerprint density at radius 1 is 1.18 bits per heavy atom. The van der Waals surface area contributed by atoms with E-state index < -0.39 is 5.82 Å². The molecule has 3 heterocycles. The number of fused-ring (bicyclic) bond motifs is 1. The molecule has 0 unspecified atom stereocenters. The molecule has 0 atom stereocenters. The van der Waals surface area contributed by atoms with Gasteiger partial charge in [-0.05, 0) is 83.5 Å². The molecule has 5 rings (SSSR count). The molecule has 2 aromatic carbocycles. The fourth-order valence-corrected chi connectivity index (χ4v) is 4.48. The van der Waals surface area contributed by atoms with Crippen LogP contribution in [0.5, 0.6) is 17.4 Å². The Morgan fingerprint density at radius 3 is 2.72 bits per heavy atom. The van der Waals surface area contributed by atoms with Crippen LogP contribution in [-0.2, 0) is 16.8 Å². The minimum absolute atomic E-state index is 0.124. The van der Waals surface area contributed by atoms with Crippen LogP contribution in [0.4, 0.5) is 10.1 Å². The maximum Gasteiger partial charge on any atom is 0.230 e. The lowest BCUT2D eigenvalue weighted by Crippen LogP contribution is -2.34. The summed E-state index contributed by atoms with van der Waals surface area (Å²) in [4.78, 5) is 21.3. The molecule has 0 bridgehead atoms. The van der Waals surface area contributed by atoms with Crippen molar-refractivity contribution in [2.24, 2.45) is 0 Å². The van der Waals surface area contributed by atoms with E-state index in [4.69, 9.17) is 9.47 Å². The summed E-state index contributed by atoms with van der Waals surface area (Å²) in [5, 5.41) is 11.1. The van der Waals surface area contributed by atoms with Gasteiger partial charge in [-0.2, -0.15) is 5.10 Å². The smallest absolute Gasteiger partial charge is 0.230 e. The predicted molar refractivity (Wildman–Crippen MR) is 147 cm³/mol. The van der Waals surface area contributed by atoms with Crippen molar-refractivity contribution < 1.29 is 18.7 Å². The van der Waals surface area contributed by atoms with Crippen LogP contribution in [0.2, 0.25) is 0 Å². The molecule has 39 heavy (non-hydrogen) atoms. The molecule has 9 nitrogen and oxygen atoms in total. The molecule has 4 aromatic rings. The number of benzene rings is 2. The van der Waals surface area contributed by atoms with Crippen molar-refractivity contribution >= 4 is 22.5 Å². The van der Waals surface area contributed by atoms with E-state index in [1.54, 1.807) is 36.1 Å². The summed E-state index contributed by atoms with van der Waals surface area (Å²) in [5.41, 5.74) is 1.60. The van der Waals surface area contributed by atoms with Gasteiger partial charge in [0.15, 0.2) is 0 Å². The van der Waals surface area contributed by atoms with Crippen molar-refractivity contribution in [3.05, 3.63) is 66.0 Å². The zero-order chi connectivity index (χ0) is 27.6. The second-order valence-corrected chi connectivity index (χ2v) is 10.8. The van der Waals surface area contributed by atoms with Crippen molar-refractivity contribution in [1.82, 2.24) is 25.1 Å². The minimum Gasteiger partial charge on any atom is -0.490 e. The summed E-state index contributed by atoms with van der Waals surface area (Å²) < 4.78 is 29.3. The first-order valence-corrected chi connectivity index (χ1v) is 13.1. The van der Waals surface area contributed by atoms with Crippen molar-refractivity contribution in [1.29, 1.82) is 0 Å². The number of aromatic nitrogens is 4. The number of carbonyl (C=O) groups is 1. The van der Waals surface area contributed by atoms with Crippen LogP contribution >= 0.6 is 0 Å². The lowest BCUT2D eigenvalue weighted by Gasteiger charge is -2.24. The van der Waals surface area contributed by atoms with E-state index in [-0.39, 0.29) is 35.1 Å². The zero-order valence-corrected chi connectivity index (χ0v) is 22.6. The maximum absolute atomic E-state index is 15.3. The lowest BCUT2D eigenvalue weighted by atomic mass is 10.1. The van der Waals surface area contributed by atoms with Gasteiger partial charge in [0, 0.05) is 11.8 Å². The quantitative estimate of drug-likeness (QED) is 0.340. The number of amides is 1. The van der Waals surface area contributed by atoms with E-state index >= 15 is 4.39 Å². The van der Waals surface area contributed by atoms with Crippen LogP contribution in [0.15, 0.2) is 49.1 Å². The Morgan fingerprint density at radius 2 is 1.97 bits per heavy atom. The third kappa shape index (κ3) is 6.17. The fraction of sp³-hybridized carbons (Fsp3) is 0.379. The van der Waals surface area contributed by atoms with Gasteiger partial charge in [0.1, 0.15) is 29.7 Å². The number of anilines is 1. The third-order valence-corrected chi connectivity index (χ3v) is 6.69. The Kier molecular flexibility index (Phi) is 7.47. The molecular formula is C29H33FN6O3. The van der Waals surface area contributed by atoms with Gasteiger partial charge in [-0.25, -0.2) is 14.4 Å². The standard InChI is InChI=1S/C29H33FN6O3/c1-18-25(8-5-19(27(18)30)13-26(37)35-20-15-34-36(16-20)29(2,3)4)39-28-23-14-22(6-7-24(23)32-17-33-28)38-21-9-11-31-12-10-21/h5-8,14-17,21,31H,9-13H2,1-4H3,(H,35,37). The molecule has 1 saturated heterocycles. The van der Waals surface area contributed by atoms with Gasteiger partial charge in [0.25, 0.3) is 0 Å². The monoisotopic (exact) mass is 532 g/mol. The molecule has 0 spiro atoms. The summed E-state index contributed by atoms with van der Waals surface area (Å²) in [6, 6.07) is 8.83. The van der Waals surface area contributed by atoms with Gasteiger partial charge in [-0.3, -0.25) is 9.48 Å². The first kappa shape index (κ1) is 26.6. The van der Waals surface area contributed by atoms with Crippen LogP contribution in [0.3, 0.4) is 0 Å². The van der Waals surface area contributed by atoms with Crippen LogP contribution in [0.25, 0.3) is 10.9 Å². The Hall–Kier alpha value is -4.05. The summed E-state index contributed by atoms with van der Waals surface area (Å²) >= 11 is 0. The van der Waals surface area contributed by atoms with Crippen molar-refractivity contribution in [3.8, 4) is 17.4 Å². The maximum atomic E-state index is 15.3. The third-order valence-electron chi connectivity index (χ3n) is 6.69. The molecule has 0 aliphatic carbocycles. The first-order chi connectivity index (χ1) is 18.7. The summed E-state index contributed by atoms with van der Waals surface area (Å²) in [7, 11) is 0. The highest BCUT2D eigenvalue weighted by molar-refractivity contribution is 5.92. The number of piperidine rings is 1. The first-order valence-electron chi connectivity index (χ1n) is 13.1. The van der Waals surface area contributed by atoms with Gasteiger partial charge in [0.2, 0.25) is 11.8 Å². The van der Waals surface area contributed by atoms with Gasteiger partial charge in [-0.1, -0.05) is 6.07 Å². The molecule has 1 amide bonds. The molecule has 1 aliphatic rings. The van der Waals surface area contributed by atoms with Gasteiger partial charge >= 0.3 is 0 Å². The highest BCUT2D eigenvalue weighted by Crippen LogP contribution is 2.33. The van der Waals surface area contributed by atoms with E-state index in [9.17, 15) is 4.79 Å². The molecule has 0 saturated carbocycles. The molecule has 204 valence electrons. The number of carbonyl (C=O) groups excluding carboxylic acids is 1. The molecule has 10 heteroatoms. The fourth-order valence-electron chi connectivity index (χ4n) is 4.48. The van der Waals surface area contributed by atoms with E-state index in [1.165, 1.54) is 6.33 Å². The van der Waals surface area contributed by atoms with Crippen molar-refractivity contribution in [3.63, 3.8) is 0 Å². The molecule has 2 aromatic heterocycles. The highest BCUT2D eigenvalue weighted by Gasteiger charge is 2.19. The average Bonchev–Trinajstić information content (AvgIpc) is 3.38. The summed E-state index contributed by atoms with van der Waals surface area (Å²) in [5.74, 6) is 0.499. The topological polar surface area (TPSA) is 103 Å². The van der Waals surface area contributed by atoms with E-state index in [0.717, 1.165) is 25.9 Å². The number of nitrogens with zero attached hydrogens (tertiary/aromatic N) is 4. The molecular weight excluding hydrogens is 499 g/mol. The Bertz CT molecular complexity index is 1490. The summed E-state index contributed by atoms with van der Waals surface area (Å²) in [6.45, 7) is 9.52. The van der Waals surface area contributed by atoms with Gasteiger partial charge < -0.3 is 20.1 Å². The molecule has 1 aliphatic heterocycles. The largest absolute Gasteiger partial charge is 0.490 e. The second kappa shape index (κ2) is 11.0. The number of hydrogen-bond donors (Lipinski definition) is 2. The Labute approximate surface area is 226 Å². The van der Waals surface area contributed by atoms with Crippen LogP contribution in [-0.4, -0.2) is 44.8 Å².